The second-order valence-corrected chi connectivity index (χ2v) is 7.75. The number of fused-ring (bicyclic) bond motifs is 1. The molecule has 0 radical (unpaired) electrons. The summed E-state index contributed by atoms with van der Waals surface area (Å²) in [5, 5.41) is 0. The fourth-order valence-electron chi connectivity index (χ4n) is 2.59. The van der Waals surface area contributed by atoms with E-state index >= 15 is 0 Å². The van der Waals surface area contributed by atoms with Crippen molar-refractivity contribution in [2.75, 3.05) is 12.8 Å². The van der Waals surface area contributed by atoms with Crippen molar-refractivity contribution in [3.05, 3.63) is 41.7 Å². The first-order valence-corrected chi connectivity index (χ1v) is 8.93. The summed E-state index contributed by atoms with van der Waals surface area (Å²) in [6, 6.07) is 6.17. The molecule has 1 aromatic carbocycles. The van der Waals surface area contributed by atoms with Crippen LogP contribution in [0.4, 0.5) is 4.39 Å². The van der Waals surface area contributed by atoms with Crippen LogP contribution in [-0.4, -0.2) is 37.6 Å². The van der Waals surface area contributed by atoms with Crippen molar-refractivity contribution in [2.45, 2.75) is 19.6 Å². The average molecular weight is 323 g/mol. The Morgan fingerprint density at radius 1 is 1.32 bits per heavy atom. The van der Waals surface area contributed by atoms with Crippen molar-refractivity contribution in [3.8, 4) is 0 Å². The Kier molecular flexibility index (Phi) is 3.37. The van der Waals surface area contributed by atoms with E-state index in [1.165, 1.54) is 12.1 Å². The van der Waals surface area contributed by atoms with Crippen LogP contribution in [0.1, 0.15) is 19.4 Å². The lowest BCUT2D eigenvalue weighted by atomic mass is 10.0. The van der Waals surface area contributed by atoms with Gasteiger partial charge in [-0.05, 0) is 41.8 Å². The minimum atomic E-state index is -3.39. The van der Waals surface area contributed by atoms with E-state index in [2.05, 4.69) is 9.71 Å². The number of aliphatic imine (C=N–C) groups is 1. The number of hydrogen-bond acceptors (Lipinski definition) is 4. The molecule has 2 heterocycles. The molecule has 1 saturated heterocycles. The molecule has 118 valence electrons. The van der Waals surface area contributed by atoms with Gasteiger partial charge in [-0.3, -0.25) is 0 Å². The highest BCUT2D eigenvalue weighted by Crippen LogP contribution is 2.43. The van der Waals surface area contributed by atoms with E-state index < -0.39 is 15.8 Å². The fraction of sp³-hybridized carbons (Fsp3) is 0.400. The highest BCUT2D eigenvalue weighted by Gasteiger charge is 2.57. The number of sulfonamides is 1. The second-order valence-electron chi connectivity index (χ2n) is 6.00. The zero-order valence-electron chi connectivity index (χ0n) is 12.7. The summed E-state index contributed by atoms with van der Waals surface area (Å²) in [7, 11) is -3.39. The summed E-state index contributed by atoms with van der Waals surface area (Å²) in [4.78, 5) is 6.44. The highest BCUT2D eigenvalue weighted by molar-refractivity contribution is 7.88. The van der Waals surface area contributed by atoms with Crippen molar-refractivity contribution in [1.29, 1.82) is 0 Å². The molecule has 0 saturated carbocycles. The monoisotopic (exact) mass is 323 g/mol. The van der Waals surface area contributed by atoms with Crippen LogP contribution in [0.3, 0.4) is 0 Å². The Hall–Kier alpha value is -1.73. The van der Waals surface area contributed by atoms with Crippen LogP contribution in [0.5, 0.6) is 0 Å². The maximum Gasteiger partial charge on any atom is 0.218 e. The molecule has 3 rings (SSSR count). The molecular weight excluding hydrogens is 305 g/mol. The van der Waals surface area contributed by atoms with Gasteiger partial charge in [-0.1, -0.05) is 13.8 Å². The predicted octanol–water partition coefficient (Wildman–Crippen LogP) is 1.80. The van der Waals surface area contributed by atoms with Crippen LogP contribution in [-0.2, 0) is 10.0 Å². The molecule has 7 heteroatoms. The van der Waals surface area contributed by atoms with Gasteiger partial charge < -0.3 is 4.90 Å². The number of halogens is 1. The molecule has 0 amide bonds. The highest BCUT2D eigenvalue weighted by atomic mass is 32.2. The number of hydrogen-bond donors (Lipinski definition) is 1. The van der Waals surface area contributed by atoms with Crippen LogP contribution >= 0.6 is 0 Å². The molecule has 1 unspecified atom stereocenters. The molecule has 22 heavy (non-hydrogen) atoms. The summed E-state index contributed by atoms with van der Waals surface area (Å²) in [6.45, 7) is 4.48. The van der Waals surface area contributed by atoms with E-state index in [9.17, 15) is 12.8 Å². The van der Waals surface area contributed by atoms with Gasteiger partial charge in [-0.2, -0.15) is 4.72 Å². The van der Waals surface area contributed by atoms with Crippen LogP contribution in [0.25, 0.3) is 5.70 Å². The summed E-state index contributed by atoms with van der Waals surface area (Å²) in [6.07, 6.45) is 3.06. The van der Waals surface area contributed by atoms with E-state index in [4.69, 9.17) is 0 Å². The number of rotatable bonds is 4. The number of nitrogens with one attached hydrogen (secondary N) is 1. The van der Waals surface area contributed by atoms with Gasteiger partial charge in [0.1, 0.15) is 5.82 Å². The molecule has 2 aliphatic heterocycles. The normalized spacial score (nSPS) is 24.0. The minimum Gasteiger partial charge on any atom is -0.326 e. The van der Waals surface area contributed by atoms with Crippen LogP contribution in [0.15, 0.2) is 35.3 Å². The standard InChI is InChI=1S/C15H18FN3O2S/c1-10(2)13-8-14(11-4-6-12(16)7-5-11)19-9-15(19,17-13)18-22(3,20)21/h4-8,10,18H,9H2,1-3H3. The molecule has 0 spiro atoms. The second kappa shape index (κ2) is 4.89. The summed E-state index contributed by atoms with van der Waals surface area (Å²) in [5.74, 6) is -1.06. The van der Waals surface area contributed by atoms with Gasteiger partial charge in [0, 0.05) is 11.4 Å². The number of allylic oxidation sites excluding steroid dienone is 1. The fourth-order valence-corrected chi connectivity index (χ4v) is 3.41. The lowest BCUT2D eigenvalue weighted by Gasteiger charge is -2.24. The largest absolute Gasteiger partial charge is 0.326 e. The summed E-state index contributed by atoms with van der Waals surface area (Å²) in [5.41, 5.74) is 2.52. The van der Waals surface area contributed by atoms with Crippen molar-refractivity contribution in [2.24, 2.45) is 10.9 Å². The van der Waals surface area contributed by atoms with Crippen LogP contribution in [0, 0.1) is 11.7 Å². The molecule has 1 fully saturated rings. The van der Waals surface area contributed by atoms with E-state index in [0.717, 1.165) is 23.2 Å². The van der Waals surface area contributed by atoms with E-state index in [-0.39, 0.29) is 11.7 Å². The predicted molar refractivity (Wildman–Crippen MR) is 84.1 cm³/mol. The minimum absolute atomic E-state index is 0.163. The lowest BCUT2D eigenvalue weighted by Crippen LogP contribution is -2.41. The Balaban J connectivity index is 2.02. The van der Waals surface area contributed by atoms with Gasteiger partial charge in [0.2, 0.25) is 15.8 Å². The first-order chi connectivity index (χ1) is 10.2. The molecule has 1 N–H and O–H groups in total. The molecule has 5 nitrogen and oxygen atoms in total. The van der Waals surface area contributed by atoms with Gasteiger partial charge in [0.25, 0.3) is 0 Å². The first-order valence-electron chi connectivity index (χ1n) is 7.04. The van der Waals surface area contributed by atoms with Crippen LogP contribution < -0.4 is 4.72 Å². The Morgan fingerprint density at radius 3 is 2.50 bits per heavy atom. The van der Waals surface area contributed by atoms with Gasteiger partial charge in [0.05, 0.1) is 12.8 Å². The number of benzene rings is 1. The van der Waals surface area contributed by atoms with Crippen molar-refractivity contribution < 1.29 is 12.8 Å². The molecular formula is C15H18FN3O2S. The number of nitrogens with zero attached hydrogens (tertiary/aromatic N) is 2. The van der Waals surface area contributed by atoms with Crippen molar-refractivity contribution in [1.82, 2.24) is 9.62 Å². The molecule has 0 aliphatic carbocycles. The molecule has 0 bridgehead atoms. The quantitative estimate of drug-likeness (QED) is 0.860. The van der Waals surface area contributed by atoms with E-state index in [1.54, 1.807) is 12.1 Å². The SMILES string of the molecule is CC(C)C1=NC2(NS(C)(=O)=O)CN2C(c2ccc(F)cc2)=C1. The maximum atomic E-state index is 13.1. The van der Waals surface area contributed by atoms with Gasteiger partial charge in [-0.25, -0.2) is 17.8 Å². The topological polar surface area (TPSA) is 61.5 Å². The molecule has 2 aliphatic rings. The van der Waals surface area contributed by atoms with E-state index in [1.807, 2.05) is 24.8 Å². The van der Waals surface area contributed by atoms with Gasteiger partial charge in [0.15, 0.2) is 0 Å². The van der Waals surface area contributed by atoms with Crippen LogP contribution in [0.2, 0.25) is 0 Å². The van der Waals surface area contributed by atoms with Gasteiger partial charge >= 0.3 is 0 Å². The zero-order chi connectivity index (χ0) is 16.1. The first kappa shape index (κ1) is 15.2. The van der Waals surface area contributed by atoms with Crippen molar-refractivity contribution >= 4 is 21.4 Å². The third-order valence-corrected chi connectivity index (χ3v) is 4.39. The summed E-state index contributed by atoms with van der Waals surface area (Å²) >= 11 is 0. The zero-order valence-corrected chi connectivity index (χ0v) is 13.5. The summed E-state index contributed by atoms with van der Waals surface area (Å²) < 4.78 is 39.0. The molecule has 0 aromatic heterocycles. The lowest BCUT2D eigenvalue weighted by molar-refractivity contribution is 0.479. The average Bonchev–Trinajstić information content (AvgIpc) is 3.09. The Morgan fingerprint density at radius 2 is 1.95 bits per heavy atom. The third-order valence-electron chi connectivity index (χ3n) is 3.69. The van der Waals surface area contributed by atoms with Crippen molar-refractivity contribution in [3.63, 3.8) is 0 Å². The Bertz CT molecular complexity index is 768. The molecule has 1 atom stereocenters. The Labute approximate surface area is 129 Å². The van der Waals surface area contributed by atoms with E-state index in [0.29, 0.717) is 6.54 Å². The van der Waals surface area contributed by atoms with Gasteiger partial charge in [-0.15, -0.1) is 0 Å². The maximum absolute atomic E-state index is 13.1. The smallest absolute Gasteiger partial charge is 0.218 e. The molecule has 1 aromatic rings. The third kappa shape index (κ3) is 2.78.